The average molecular weight is 368 g/mol. The molecule has 1 unspecified atom stereocenters. The van der Waals surface area contributed by atoms with Crippen molar-refractivity contribution in [2.24, 2.45) is 4.99 Å². The molecular formula is C21H28N4O2. The molecule has 2 aromatic carbocycles. The molecule has 6 nitrogen and oxygen atoms in total. The van der Waals surface area contributed by atoms with Crippen LogP contribution < -0.4 is 20.3 Å². The molecular weight excluding hydrogens is 340 g/mol. The third-order valence-electron chi connectivity index (χ3n) is 4.85. The molecule has 0 saturated carbocycles. The number of guanidine groups is 1. The Morgan fingerprint density at radius 3 is 2.78 bits per heavy atom. The predicted octanol–water partition coefficient (Wildman–Crippen LogP) is 2.39. The van der Waals surface area contributed by atoms with Crippen molar-refractivity contribution in [2.45, 2.75) is 18.9 Å². The Bertz CT molecular complexity index is 764. The number of rotatable bonds is 6. The van der Waals surface area contributed by atoms with Crippen LogP contribution in [-0.2, 0) is 6.42 Å². The first kappa shape index (κ1) is 18.9. The van der Waals surface area contributed by atoms with E-state index in [-0.39, 0.29) is 5.75 Å². The lowest BCUT2D eigenvalue weighted by atomic mass is 10.1. The van der Waals surface area contributed by atoms with Gasteiger partial charge in [-0.2, -0.15) is 0 Å². The van der Waals surface area contributed by atoms with E-state index in [1.165, 1.54) is 5.69 Å². The van der Waals surface area contributed by atoms with Crippen molar-refractivity contribution < 1.29 is 9.84 Å². The van der Waals surface area contributed by atoms with Crippen LogP contribution in [0, 0.1) is 0 Å². The second-order valence-electron chi connectivity index (χ2n) is 6.66. The third kappa shape index (κ3) is 5.06. The van der Waals surface area contributed by atoms with Crippen LogP contribution in [-0.4, -0.2) is 50.9 Å². The van der Waals surface area contributed by atoms with Gasteiger partial charge in [0.1, 0.15) is 11.5 Å². The molecule has 6 heteroatoms. The van der Waals surface area contributed by atoms with Crippen molar-refractivity contribution in [3.63, 3.8) is 0 Å². The summed E-state index contributed by atoms with van der Waals surface area (Å²) in [6.45, 7) is 2.69. The number of aliphatic imine (C=N–C) groups is 1. The zero-order chi connectivity index (χ0) is 19.1. The number of aromatic hydroxyl groups is 1. The largest absolute Gasteiger partial charge is 0.508 e. The Hall–Kier alpha value is -2.89. The van der Waals surface area contributed by atoms with E-state index < -0.39 is 0 Å². The predicted molar refractivity (Wildman–Crippen MR) is 110 cm³/mol. The Labute approximate surface area is 160 Å². The standard InChI is InChI=1S/C21H28N4O2/c1-22-21(23-12-10-16-8-9-19(27-2)14-20(16)26)24-17-11-13-25(15-17)18-6-4-3-5-7-18/h3-9,14,17,26H,10-13,15H2,1-2H3,(H2,22,23,24). The lowest BCUT2D eigenvalue weighted by Gasteiger charge is -2.20. The average Bonchev–Trinajstić information content (AvgIpc) is 3.17. The maximum atomic E-state index is 10.1. The number of phenolic OH excluding ortho intramolecular Hbond substituents is 1. The molecule has 27 heavy (non-hydrogen) atoms. The van der Waals surface area contributed by atoms with Gasteiger partial charge in [0.25, 0.3) is 0 Å². The van der Waals surface area contributed by atoms with Crippen molar-refractivity contribution >= 4 is 11.6 Å². The van der Waals surface area contributed by atoms with Crippen molar-refractivity contribution in [2.75, 3.05) is 38.7 Å². The van der Waals surface area contributed by atoms with Crippen LogP contribution in [0.15, 0.2) is 53.5 Å². The molecule has 1 saturated heterocycles. The van der Waals surface area contributed by atoms with E-state index >= 15 is 0 Å². The molecule has 1 aliphatic rings. The first-order chi connectivity index (χ1) is 13.2. The van der Waals surface area contributed by atoms with Gasteiger partial charge in [0.05, 0.1) is 7.11 Å². The Morgan fingerprint density at radius 1 is 1.26 bits per heavy atom. The van der Waals surface area contributed by atoms with Gasteiger partial charge in [-0.15, -0.1) is 0 Å². The van der Waals surface area contributed by atoms with Crippen LogP contribution in [0.5, 0.6) is 11.5 Å². The number of hydrogen-bond donors (Lipinski definition) is 3. The molecule has 1 heterocycles. The summed E-state index contributed by atoms with van der Waals surface area (Å²) in [5.74, 6) is 1.71. The molecule has 3 rings (SSSR count). The van der Waals surface area contributed by atoms with Gasteiger partial charge in [0, 0.05) is 44.5 Å². The van der Waals surface area contributed by atoms with E-state index in [0.29, 0.717) is 24.8 Å². The van der Waals surface area contributed by atoms with E-state index in [1.807, 2.05) is 18.2 Å². The van der Waals surface area contributed by atoms with Gasteiger partial charge in [-0.1, -0.05) is 24.3 Å². The van der Waals surface area contributed by atoms with Gasteiger partial charge in [0.15, 0.2) is 5.96 Å². The minimum atomic E-state index is 0.258. The van der Waals surface area contributed by atoms with Crippen molar-refractivity contribution in [3.05, 3.63) is 54.1 Å². The summed E-state index contributed by atoms with van der Waals surface area (Å²) in [7, 11) is 3.37. The molecule has 0 aliphatic carbocycles. The fourth-order valence-electron chi connectivity index (χ4n) is 3.34. The molecule has 1 fully saturated rings. The number of anilines is 1. The van der Waals surface area contributed by atoms with Crippen LogP contribution in [0.1, 0.15) is 12.0 Å². The van der Waals surface area contributed by atoms with Crippen LogP contribution in [0.25, 0.3) is 0 Å². The summed E-state index contributed by atoms with van der Waals surface area (Å²) in [6, 6.07) is 16.2. The molecule has 0 radical (unpaired) electrons. The maximum absolute atomic E-state index is 10.1. The van der Waals surface area contributed by atoms with Crippen molar-refractivity contribution in [3.8, 4) is 11.5 Å². The smallest absolute Gasteiger partial charge is 0.191 e. The highest BCUT2D eigenvalue weighted by Gasteiger charge is 2.23. The maximum Gasteiger partial charge on any atom is 0.191 e. The zero-order valence-corrected chi connectivity index (χ0v) is 16.0. The summed E-state index contributed by atoms with van der Waals surface area (Å²) in [4.78, 5) is 6.71. The number of methoxy groups -OCH3 is 1. The van der Waals surface area contributed by atoms with E-state index in [4.69, 9.17) is 4.74 Å². The van der Waals surface area contributed by atoms with E-state index in [9.17, 15) is 5.11 Å². The van der Waals surface area contributed by atoms with E-state index in [1.54, 1.807) is 20.2 Å². The Kier molecular flexibility index (Phi) is 6.41. The Balaban J connectivity index is 1.46. The molecule has 0 spiro atoms. The fourth-order valence-corrected chi connectivity index (χ4v) is 3.34. The van der Waals surface area contributed by atoms with Gasteiger partial charge < -0.3 is 25.4 Å². The molecule has 0 amide bonds. The lowest BCUT2D eigenvalue weighted by Crippen LogP contribution is -2.45. The summed E-state index contributed by atoms with van der Waals surface area (Å²) < 4.78 is 5.12. The minimum Gasteiger partial charge on any atom is -0.508 e. The molecule has 144 valence electrons. The first-order valence-corrected chi connectivity index (χ1v) is 9.32. The molecule has 1 aliphatic heterocycles. The second kappa shape index (κ2) is 9.16. The first-order valence-electron chi connectivity index (χ1n) is 9.32. The Morgan fingerprint density at radius 2 is 2.07 bits per heavy atom. The van der Waals surface area contributed by atoms with Crippen LogP contribution in [0.4, 0.5) is 5.69 Å². The van der Waals surface area contributed by atoms with Gasteiger partial charge in [-0.05, 0) is 36.6 Å². The molecule has 3 N–H and O–H groups in total. The summed E-state index contributed by atoms with van der Waals surface area (Å²) >= 11 is 0. The molecule has 1 atom stereocenters. The van der Waals surface area contributed by atoms with Gasteiger partial charge >= 0.3 is 0 Å². The van der Waals surface area contributed by atoms with Crippen LogP contribution >= 0.6 is 0 Å². The number of phenols is 1. The van der Waals surface area contributed by atoms with Gasteiger partial charge in [-0.3, -0.25) is 4.99 Å². The lowest BCUT2D eigenvalue weighted by molar-refractivity contribution is 0.406. The number of ether oxygens (including phenoxy) is 1. The molecule has 2 aromatic rings. The van der Waals surface area contributed by atoms with E-state index in [2.05, 4.69) is 44.8 Å². The molecule has 0 bridgehead atoms. The number of hydrogen-bond acceptors (Lipinski definition) is 4. The SMILES string of the molecule is CN=C(NCCc1ccc(OC)cc1O)NC1CCN(c2ccccc2)C1. The topological polar surface area (TPSA) is 69.1 Å². The van der Waals surface area contributed by atoms with Gasteiger partial charge in [-0.25, -0.2) is 0 Å². The highest BCUT2D eigenvalue weighted by Crippen LogP contribution is 2.23. The molecule has 0 aromatic heterocycles. The quantitative estimate of drug-likeness (QED) is 0.540. The van der Waals surface area contributed by atoms with Crippen LogP contribution in [0.2, 0.25) is 0 Å². The zero-order valence-electron chi connectivity index (χ0n) is 16.0. The summed E-state index contributed by atoms with van der Waals surface area (Å²) in [6.07, 6.45) is 1.78. The van der Waals surface area contributed by atoms with Crippen LogP contribution in [0.3, 0.4) is 0 Å². The summed E-state index contributed by atoms with van der Waals surface area (Å²) in [5, 5.41) is 16.9. The number of nitrogens with zero attached hydrogens (tertiary/aromatic N) is 2. The van der Waals surface area contributed by atoms with Crippen molar-refractivity contribution in [1.82, 2.24) is 10.6 Å². The third-order valence-corrected chi connectivity index (χ3v) is 4.85. The normalized spacial score (nSPS) is 17.0. The fraction of sp³-hybridized carbons (Fsp3) is 0.381. The second-order valence-corrected chi connectivity index (χ2v) is 6.66. The highest BCUT2D eigenvalue weighted by atomic mass is 16.5. The summed E-state index contributed by atoms with van der Waals surface area (Å²) in [5.41, 5.74) is 2.15. The highest BCUT2D eigenvalue weighted by molar-refractivity contribution is 5.80. The van der Waals surface area contributed by atoms with Crippen molar-refractivity contribution in [1.29, 1.82) is 0 Å². The number of benzene rings is 2. The minimum absolute atomic E-state index is 0.258. The monoisotopic (exact) mass is 368 g/mol. The number of nitrogens with one attached hydrogen (secondary N) is 2. The van der Waals surface area contributed by atoms with Gasteiger partial charge in [0.2, 0.25) is 0 Å². The van der Waals surface area contributed by atoms with E-state index in [0.717, 1.165) is 31.0 Å². The number of para-hydroxylation sites is 1.